The van der Waals surface area contributed by atoms with Crippen molar-refractivity contribution in [3.05, 3.63) is 87.0 Å². The first-order valence-corrected chi connectivity index (χ1v) is 12.2. The summed E-state index contributed by atoms with van der Waals surface area (Å²) in [5, 5.41) is 23.3. The molecule has 0 bridgehead atoms. The van der Waals surface area contributed by atoms with Crippen LogP contribution >= 0.6 is 0 Å². The summed E-state index contributed by atoms with van der Waals surface area (Å²) in [5.41, 5.74) is 4.83. The molecular formula is C27H34N6O2. The van der Waals surface area contributed by atoms with Crippen LogP contribution in [-0.4, -0.2) is 48.3 Å². The molecule has 35 heavy (non-hydrogen) atoms. The van der Waals surface area contributed by atoms with Crippen LogP contribution in [0, 0.1) is 19.8 Å². The highest BCUT2D eigenvalue weighted by atomic mass is 16.3. The van der Waals surface area contributed by atoms with Gasteiger partial charge in [-0.3, -0.25) is 9.69 Å². The van der Waals surface area contributed by atoms with Crippen LogP contribution in [0.15, 0.2) is 53.3 Å². The van der Waals surface area contributed by atoms with E-state index in [9.17, 15) is 9.90 Å². The van der Waals surface area contributed by atoms with Crippen molar-refractivity contribution < 1.29 is 5.11 Å². The highest BCUT2D eigenvalue weighted by Gasteiger charge is 2.29. The molecule has 2 heterocycles. The van der Waals surface area contributed by atoms with Gasteiger partial charge in [-0.2, -0.15) is 0 Å². The number of aromatic amines is 1. The molecule has 2 aromatic carbocycles. The van der Waals surface area contributed by atoms with Crippen LogP contribution in [0.1, 0.15) is 54.4 Å². The van der Waals surface area contributed by atoms with Crippen LogP contribution in [0.3, 0.4) is 0 Å². The van der Waals surface area contributed by atoms with Crippen LogP contribution in [0.25, 0.3) is 10.9 Å². The zero-order chi connectivity index (χ0) is 24.9. The largest absolute Gasteiger partial charge is 0.396 e. The number of H-pyrrole nitrogens is 1. The van der Waals surface area contributed by atoms with Crippen molar-refractivity contribution in [3.8, 4) is 0 Å². The number of aliphatic hydroxyl groups excluding tert-OH is 1. The molecule has 0 fully saturated rings. The number of aryl methyl sites for hydroxylation is 2. The third kappa shape index (κ3) is 5.49. The smallest absolute Gasteiger partial charge is 0.252 e. The maximum absolute atomic E-state index is 13.1. The minimum Gasteiger partial charge on any atom is -0.396 e. The number of aromatic nitrogens is 5. The highest BCUT2D eigenvalue weighted by molar-refractivity contribution is 5.83. The Balaban J connectivity index is 1.70. The van der Waals surface area contributed by atoms with Crippen LogP contribution in [0.5, 0.6) is 0 Å². The molecule has 2 aromatic heterocycles. The first-order valence-electron chi connectivity index (χ1n) is 12.2. The van der Waals surface area contributed by atoms with Crippen LogP contribution in [0.2, 0.25) is 0 Å². The molecule has 1 atom stereocenters. The number of tetrazole rings is 1. The molecule has 0 spiro atoms. The molecule has 0 aliphatic carbocycles. The number of nitrogens with zero attached hydrogens (tertiary/aromatic N) is 5. The quantitative estimate of drug-likeness (QED) is 0.363. The van der Waals surface area contributed by atoms with Crippen LogP contribution < -0.4 is 5.56 Å². The van der Waals surface area contributed by atoms with E-state index in [0.717, 1.165) is 33.4 Å². The summed E-state index contributed by atoms with van der Waals surface area (Å²) in [7, 11) is 0. The highest BCUT2D eigenvalue weighted by Crippen LogP contribution is 2.29. The fourth-order valence-electron chi connectivity index (χ4n) is 4.67. The van der Waals surface area contributed by atoms with Gasteiger partial charge in [-0.1, -0.05) is 56.3 Å². The maximum atomic E-state index is 13.1. The minimum absolute atomic E-state index is 0.0722. The molecule has 4 aromatic rings. The SMILES string of the molecule is Cc1ccc2cc(CN(CCCO)C(c3nnnn3Cc3ccccc3)C(C)C)c(=O)[nH]c2c1C. The molecule has 0 saturated heterocycles. The van der Waals surface area contributed by atoms with Gasteiger partial charge in [-0.25, -0.2) is 4.68 Å². The Bertz CT molecular complexity index is 1330. The lowest BCUT2D eigenvalue weighted by Gasteiger charge is -2.33. The van der Waals surface area contributed by atoms with Gasteiger partial charge in [-0.05, 0) is 64.8 Å². The van der Waals surface area contributed by atoms with E-state index in [0.29, 0.717) is 31.6 Å². The molecule has 2 N–H and O–H groups in total. The van der Waals surface area contributed by atoms with Crippen LogP contribution in [-0.2, 0) is 13.1 Å². The van der Waals surface area contributed by atoms with E-state index >= 15 is 0 Å². The van der Waals surface area contributed by atoms with Gasteiger partial charge in [0.2, 0.25) is 0 Å². The summed E-state index contributed by atoms with van der Waals surface area (Å²) >= 11 is 0. The molecule has 0 amide bonds. The van der Waals surface area contributed by atoms with Gasteiger partial charge >= 0.3 is 0 Å². The lowest BCUT2D eigenvalue weighted by Crippen LogP contribution is -2.36. The molecule has 0 radical (unpaired) electrons. The number of pyridine rings is 1. The standard InChI is InChI=1S/C27H34N6O2/c1-18(2)25(26-29-30-31-33(26)16-21-9-6-5-7-10-21)32(13-8-14-34)17-23-15-22-12-11-19(3)20(4)24(22)28-27(23)35/h5-7,9-12,15,18,25,34H,8,13-14,16-17H2,1-4H3,(H,28,35). The molecule has 0 saturated carbocycles. The lowest BCUT2D eigenvalue weighted by atomic mass is 9.99. The number of aliphatic hydroxyl groups is 1. The Labute approximate surface area is 205 Å². The molecule has 1 unspecified atom stereocenters. The Morgan fingerprint density at radius 3 is 2.60 bits per heavy atom. The second-order valence-electron chi connectivity index (χ2n) is 9.51. The Morgan fingerprint density at radius 2 is 1.89 bits per heavy atom. The summed E-state index contributed by atoms with van der Waals surface area (Å²) in [4.78, 5) is 18.4. The third-order valence-corrected chi connectivity index (χ3v) is 6.63. The molecular weight excluding hydrogens is 440 g/mol. The molecule has 184 valence electrons. The summed E-state index contributed by atoms with van der Waals surface area (Å²) in [6.45, 7) is 10.0. The number of fused-ring (bicyclic) bond motifs is 1. The topological polar surface area (TPSA) is 99.9 Å². The molecule has 0 aliphatic rings. The number of nitrogens with one attached hydrogen (secondary N) is 1. The minimum atomic E-state index is -0.130. The predicted octanol–water partition coefficient (Wildman–Crippen LogP) is 3.76. The first kappa shape index (κ1) is 24.8. The van der Waals surface area contributed by atoms with E-state index in [-0.39, 0.29) is 24.1 Å². The van der Waals surface area contributed by atoms with E-state index in [1.807, 2.05) is 42.8 Å². The predicted molar refractivity (Wildman–Crippen MR) is 137 cm³/mol. The summed E-state index contributed by atoms with van der Waals surface area (Å²) in [6, 6.07) is 16.1. The van der Waals surface area contributed by atoms with Gasteiger partial charge in [0.15, 0.2) is 5.82 Å². The normalized spacial score (nSPS) is 12.7. The third-order valence-electron chi connectivity index (χ3n) is 6.63. The fraction of sp³-hybridized carbons (Fsp3) is 0.407. The van der Waals surface area contributed by atoms with E-state index in [1.165, 1.54) is 0 Å². The van der Waals surface area contributed by atoms with Gasteiger partial charge < -0.3 is 10.1 Å². The molecule has 8 heteroatoms. The second-order valence-corrected chi connectivity index (χ2v) is 9.51. The van der Waals surface area contributed by atoms with Crippen LogP contribution in [0.4, 0.5) is 0 Å². The Kier molecular flexibility index (Phi) is 7.73. The maximum Gasteiger partial charge on any atom is 0.252 e. The Hall–Kier alpha value is -3.36. The molecule has 4 rings (SSSR count). The zero-order valence-corrected chi connectivity index (χ0v) is 20.9. The lowest BCUT2D eigenvalue weighted by molar-refractivity contribution is 0.122. The zero-order valence-electron chi connectivity index (χ0n) is 20.9. The fourth-order valence-corrected chi connectivity index (χ4v) is 4.67. The summed E-state index contributed by atoms with van der Waals surface area (Å²) in [5.74, 6) is 0.934. The van der Waals surface area contributed by atoms with Gasteiger partial charge in [-0.15, -0.1) is 5.10 Å². The Morgan fingerprint density at radius 1 is 1.11 bits per heavy atom. The average molecular weight is 475 g/mol. The summed E-state index contributed by atoms with van der Waals surface area (Å²) in [6.07, 6.45) is 0.591. The number of hydrogen-bond acceptors (Lipinski definition) is 6. The van der Waals surface area contributed by atoms with E-state index in [2.05, 4.69) is 63.5 Å². The van der Waals surface area contributed by atoms with Gasteiger partial charge in [0.25, 0.3) is 5.56 Å². The van der Waals surface area contributed by atoms with E-state index in [1.54, 1.807) is 0 Å². The van der Waals surface area contributed by atoms with Crippen molar-refractivity contribution in [2.45, 2.75) is 53.2 Å². The second kappa shape index (κ2) is 10.9. The molecule has 8 nitrogen and oxygen atoms in total. The average Bonchev–Trinajstić information content (AvgIpc) is 3.28. The monoisotopic (exact) mass is 474 g/mol. The number of benzene rings is 2. The number of rotatable bonds is 10. The summed E-state index contributed by atoms with van der Waals surface area (Å²) < 4.78 is 1.84. The van der Waals surface area contributed by atoms with Crippen molar-refractivity contribution in [2.24, 2.45) is 5.92 Å². The molecule has 0 aliphatic heterocycles. The van der Waals surface area contributed by atoms with Crippen molar-refractivity contribution in [2.75, 3.05) is 13.2 Å². The van der Waals surface area contributed by atoms with E-state index < -0.39 is 0 Å². The van der Waals surface area contributed by atoms with Crippen molar-refractivity contribution in [1.29, 1.82) is 0 Å². The van der Waals surface area contributed by atoms with Gasteiger partial charge in [0.05, 0.1) is 18.1 Å². The van der Waals surface area contributed by atoms with Crippen molar-refractivity contribution >= 4 is 10.9 Å². The number of hydrogen-bond donors (Lipinski definition) is 2. The van der Waals surface area contributed by atoms with Crippen molar-refractivity contribution in [1.82, 2.24) is 30.1 Å². The first-order chi connectivity index (χ1) is 16.9. The van der Waals surface area contributed by atoms with Gasteiger partial charge in [0.1, 0.15) is 0 Å². The van der Waals surface area contributed by atoms with Gasteiger partial charge in [0, 0.05) is 25.3 Å². The van der Waals surface area contributed by atoms with Crippen molar-refractivity contribution in [3.63, 3.8) is 0 Å². The van der Waals surface area contributed by atoms with E-state index in [4.69, 9.17) is 0 Å².